The first-order valence-corrected chi connectivity index (χ1v) is 6.51. The summed E-state index contributed by atoms with van der Waals surface area (Å²) in [5, 5.41) is 12.9. The van der Waals surface area contributed by atoms with E-state index >= 15 is 0 Å². The van der Waals surface area contributed by atoms with Crippen LogP contribution in [0, 0.1) is 12.8 Å². The number of rotatable bonds is 5. The van der Waals surface area contributed by atoms with Gasteiger partial charge in [0, 0.05) is 6.04 Å². The van der Waals surface area contributed by atoms with Crippen LogP contribution in [0.3, 0.4) is 0 Å². The number of carbonyl (C=O) groups is 1. The van der Waals surface area contributed by atoms with Crippen LogP contribution in [-0.2, 0) is 10.3 Å². The second-order valence-electron chi connectivity index (χ2n) is 5.57. The average molecular weight is 247 g/mol. The molecule has 1 aromatic rings. The highest BCUT2D eigenvalue weighted by Gasteiger charge is 2.39. The quantitative estimate of drug-likeness (QED) is 0.841. The van der Waals surface area contributed by atoms with Crippen LogP contribution >= 0.6 is 0 Å². The molecule has 1 aliphatic rings. The van der Waals surface area contributed by atoms with Gasteiger partial charge in [-0.2, -0.15) is 0 Å². The minimum absolute atomic E-state index is 0.242. The molecule has 0 aromatic heterocycles. The van der Waals surface area contributed by atoms with Crippen molar-refractivity contribution >= 4 is 5.97 Å². The van der Waals surface area contributed by atoms with Gasteiger partial charge in [-0.15, -0.1) is 0 Å². The highest BCUT2D eigenvalue weighted by molar-refractivity contribution is 5.80. The van der Waals surface area contributed by atoms with Crippen molar-refractivity contribution in [1.29, 1.82) is 0 Å². The molecule has 0 heterocycles. The molecule has 1 aliphatic carbocycles. The molecular weight excluding hydrogens is 226 g/mol. The number of benzene rings is 1. The van der Waals surface area contributed by atoms with E-state index < -0.39 is 11.5 Å². The van der Waals surface area contributed by atoms with Crippen LogP contribution in [0.4, 0.5) is 0 Å². The van der Waals surface area contributed by atoms with Crippen LogP contribution in [0.2, 0.25) is 0 Å². The number of hydrogen-bond donors (Lipinski definition) is 2. The van der Waals surface area contributed by atoms with Gasteiger partial charge in [0.15, 0.2) is 0 Å². The maximum absolute atomic E-state index is 11.6. The maximum Gasteiger partial charge on any atom is 0.328 e. The minimum atomic E-state index is -1.01. The lowest BCUT2D eigenvalue weighted by atomic mass is 9.89. The number of aliphatic carboxylic acids is 1. The Kier molecular flexibility index (Phi) is 3.44. The van der Waals surface area contributed by atoms with Gasteiger partial charge < -0.3 is 5.11 Å². The minimum Gasteiger partial charge on any atom is -0.480 e. The Morgan fingerprint density at radius 2 is 2.17 bits per heavy atom. The van der Waals surface area contributed by atoms with Gasteiger partial charge in [-0.25, -0.2) is 4.79 Å². The molecule has 0 saturated heterocycles. The Hall–Kier alpha value is -1.35. The predicted molar refractivity (Wildman–Crippen MR) is 71.5 cm³/mol. The van der Waals surface area contributed by atoms with E-state index in [1.54, 1.807) is 6.92 Å². The lowest BCUT2D eigenvalue weighted by Gasteiger charge is -2.31. The smallest absolute Gasteiger partial charge is 0.328 e. The highest BCUT2D eigenvalue weighted by atomic mass is 16.4. The molecule has 98 valence electrons. The first-order valence-electron chi connectivity index (χ1n) is 6.51. The van der Waals surface area contributed by atoms with E-state index in [2.05, 4.69) is 12.2 Å². The molecule has 2 N–H and O–H groups in total. The van der Waals surface area contributed by atoms with Crippen LogP contribution in [0.25, 0.3) is 0 Å². The van der Waals surface area contributed by atoms with E-state index in [1.807, 2.05) is 31.2 Å². The van der Waals surface area contributed by atoms with Crippen molar-refractivity contribution in [3.05, 3.63) is 35.4 Å². The summed E-state index contributed by atoms with van der Waals surface area (Å²) in [5.74, 6) is -0.186. The van der Waals surface area contributed by atoms with Crippen molar-refractivity contribution < 1.29 is 9.90 Å². The summed E-state index contributed by atoms with van der Waals surface area (Å²) < 4.78 is 0. The van der Waals surface area contributed by atoms with E-state index in [0.29, 0.717) is 5.92 Å². The second kappa shape index (κ2) is 4.73. The molecule has 3 nitrogen and oxygen atoms in total. The summed E-state index contributed by atoms with van der Waals surface area (Å²) in [6.45, 7) is 5.81. The zero-order chi connectivity index (χ0) is 13.3. The first-order chi connectivity index (χ1) is 8.43. The van der Waals surface area contributed by atoms with Crippen LogP contribution in [0.1, 0.15) is 37.8 Å². The SMILES string of the molecule is Cc1cccc(C(C)(NC(C)C2CC2)C(=O)O)c1. The third kappa shape index (κ3) is 2.56. The lowest BCUT2D eigenvalue weighted by molar-refractivity contribution is -0.145. The number of hydrogen-bond acceptors (Lipinski definition) is 2. The normalized spacial score (nSPS) is 20.2. The summed E-state index contributed by atoms with van der Waals surface area (Å²) in [6, 6.07) is 7.96. The van der Waals surface area contributed by atoms with Gasteiger partial charge >= 0.3 is 5.97 Å². The van der Waals surface area contributed by atoms with E-state index in [4.69, 9.17) is 0 Å². The zero-order valence-corrected chi connectivity index (χ0v) is 11.2. The van der Waals surface area contributed by atoms with Crippen molar-refractivity contribution in [2.24, 2.45) is 5.92 Å². The molecule has 2 rings (SSSR count). The fraction of sp³-hybridized carbons (Fsp3) is 0.533. The molecule has 0 aliphatic heterocycles. The standard InChI is InChI=1S/C15H21NO2/c1-10-5-4-6-13(9-10)15(3,14(17)18)16-11(2)12-7-8-12/h4-6,9,11-12,16H,7-8H2,1-3H3,(H,17,18). The fourth-order valence-corrected chi connectivity index (χ4v) is 2.39. The zero-order valence-electron chi connectivity index (χ0n) is 11.2. The molecule has 1 fully saturated rings. The molecular formula is C15H21NO2. The summed E-state index contributed by atoms with van der Waals surface area (Å²) in [7, 11) is 0. The molecule has 2 unspecified atom stereocenters. The third-order valence-electron chi connectivity index (χ3n) is 3.87. The van der Waals surface area contributed by atoms with Crippen LogP contribution in [0.15, 0.2) is 24.3 Å². The monoisotopic (exact) mass is 247 g/mol. The van der Waals surface area contributed by atoms with Gasteiger partial charge in [-0.3, -0.25) is 5.32 Å². The molecule has 0 spiro atoms. The Labute approximate surface area is 108 Å². The van der Waals surface area contributed by atoms with Crippen molar-refractivity contribution in [2.45, 2.75) is 45.2 Å². The second-order valence-corrected chi connectivity index (χ2v) is 5.57. The van der Waals surface area contributed by atoms with E-state index in [-0.39, 0.29) is 6.04 Å². The molecule has 1 aromatic carbocycles. The highest BCUT2D eigenvalue weighted by Crippen LogP contribution is 2.34. The topological polar surface area (TPSA) is 49.3 Å². The molecule has 18 heavy (non-hydrogen) atoms. The number of carboxylic acids is 1. The fourth-order valence-electron chi connectivity index (χ4n) is 2.39. The van der Waals surface area contributed by atoms with E-state index in [9.17, 15) is 9.90 Å². The maximum atomic E-state index is 11.6. The number of nitrogens with one attached hydrogen (secondary N) is 1. The first kappa shape index (κ1) is 13.1. The van der Waals surface area contributed by atoms with Crippen molar-refractivity contribution in [1.82, 2.24) is 5.32 Å². The van der Waals surface area contributed by atoms with Gasteiger partial charge in [0.05, 0.1) is 0 Å². The Morgan fingerprint density at radius 1 is 1.50 bits per heavy atom. The van der Waals surface area contributed by atoms with E-state index in [1.165, 1.54) is 12.8 Å². The third-order valence-corrected chi connectivity index (χ3v) is 3.87. The average Bonchev–Trinajstić information content (AvgIpc) is 3.12. The van der Waals surface area contributed by atoms with Crippen molar-refractivity contribution in [2.75, 3.05) is 0 Å². The van der Waals surface area contributed by atoms with Crippen molar-refractivity contribution in [3.63, 3.8) is 0 Å². The number of aryl methyl sites for hydroxylation is 1. The molecule has 1 saturated carbocycles. The van der Waals surface area contributed by atoms with Crippen LogP contribution < -0.4 is 5.32 Å². The van der Waals surface area contributed by atoms with Gasteiger partial charge in [-0.05, 0) is 45.1 Å². The van der Waals surface area contributed by atoms with Crippen molar-refractivity contribution in [3.8, 4) is 0 Å². The van der Waals surface area contributed by atoms with Gasteiger partial charge in [-0.1, -0.05) is 29.8 Å². The van der Waals surface area contributed by atoms with Gasteiger partial charge in [0.2, 0.25) is 0 Å². The van der Waals surface area contributed by atoms with Crippen LogP contribution in [0.5, 0.6) is 0 Å². The molecule has 0 radical (unpaired) electrons. The molecule has 0 amide bonds. The van der Waals surface area contributed by atoms with Gasteiger partial charge in [0.25, 0.3) is 0 Å². The van der Waals surface area contributed by atoms with Gasteiger partial charge in [0.1, 0.15) is 5.54 Å². The predicted octanol–water partition coefficient (Wildman–Crippen LogP) is 2.68. The van der Waals surface area contributed by atoms with E-state index in [0.717, 1.165) is 11.1 Å². The van der Waals surface area contributed by atoms with Crippen LogP contribution in [-0.4, -0.2) is 17.1 Å². The Morgan fingerprint density at radius 3 is 2.67 bits per heavy atom. The summed E-state index contributed by atoms with van der Waals surface area (Å²) in [6.07, 6.45) is 2.41. The Bertz CT molecular complexity index is 454. The largest absolute Gasteiger partial charge is 0.480 e. The summed E-state index contributed by atoms with van der Waals surface area (Å²) in [4.78, 5) is 11.6. The Balaban J connectivity index is 2.27. The molecule has 0 bridgehead atoms. The molecule has 2 atom stereocenters. The lowest BCUT2D eigenvalue weighted by Crippen LogP contribution is -2.51. The summed E-state index contributed by atoms with van der Waals surface area (Å²) in [5.41, 5.74) is 0.900. The number of carboxylic acid groups (broad SMARTS) is 1. The molecule has 3 heteroatoms. The summed E-state index contributed by atoms with van der Waals surface area (Å²) >= 11 is 0.